The highest BCUT2D eigenvalue weighted by Gasteiger charge is 2.40. The Bertz CT molecular complexity index is 923. The summed E-state index contributed by atoms with van der Waals surface area (Å²) < 4.78 is 55.8. The van der Waals surface area contributed by atoms with E-state index in [1.54, 1.807) is 31.2 Å². The molecule has 0 saturated carbocycles. The average molecular weight is 453 g/mol. The Morgan fingerprint density at radius 2 is 1.81 bits per heavy atom. The van der Waals surface area contributed by atoms with E-state index in [1.165, 1.54) is 12.1 Å². The molecule has 0 aliphatic carbocycles. The zero-order chi connectivity index (χ0) is 22.1. The minimum absolute atomic E-state index is 0.0142. The van der Waals surface area contributed by atoms with Gasteiger partial charge in [0.15, 0.2) is 6.29 Å². The van der Waals surface area contributed by atoms with Crippen molar-refractivity contribution < 1.29 is 32.2 Å². The molecule has 0 atom stereocenters. The molecule has 2 aliphatic heterocycles. The van der Waals surface area contributed by atoms with Gasteiger partial charge >= 0.3 is 6.18 Å². The Morgan fingerprint density at radius 1 is 1.13 bits per heavy atom. The molecule has 31 heavy (non-hydrogen) atoms. The van der Waals surface area contributed by atoms with Crippen LogP contribution < -0.4 is 10.1 Å². The van der Waals surface area contributed by atoms with Crippen molar-refractivity contribution in [1.29, 1.82) is 0 Å². The highest BCUT2D eigenvalue weighted by atomic mass is 32.2. The predicted octanol–water partition coefficient (Wildman–Crippen LogP) is 4.89. The molecule has 2 aromatic rings. The van der Waals surface area contributed by atoms with Crippen molar-refractivity contribution in [3.05, 3.63) is 59.7 Å². The molecule has 0 spiro atoms. The Kier molecular flexibility index (Phi) is 6.18. The average Bonchev–Trinajstić information content (AvgIpc) is 2.72. The summed E-state index contributed by atoms with van der Waals surface area (Å²) in [7, 11) is 0. The van der Waals surface area contributed by atoms with Gasteiger partial charge in [-0.2, -0.15) is 24.9 Å². The number of rotatable bonds is 5. The van der Waals surface area contributed by atoms with E-state index in [1.807, 2.05) is 11.8 Å². The molecule has 0 unspecified atom stereocenters. The molecule has 0 aromatic heterocycles. The van der Waals surface area contributed by atoms with Gasteiger partial charge in [-0.05, 0) is 43.3 Å². The third-order valence-electron chi connectivity index (χ3n) is 5.16. The maximum Gasteiger partial charge on any atom is 0.416 e. The molecule has 5 nitrogen and oxygen atoms in total. The molecule has 4 rings (SSSR count). The van der Waals surface area contributed by atoms with Crippen molar-refractivity contribution in [3.8, 4) is 5.75 Å². The van der Waals surface area contributed by atoms with Gasteiger partial charge in [0.2, 0.25) is 5.91 Å². The number of alkyl halides is 3. The molecule has 0 radical (unpaired) electrons. The van der Waals surface area contributed by atoms with E-state index < -0.39 is 23.4 Å². The zero-order valence-electron chi connectivity index (χ0n) is 16.8. The highest BCUT2D eigenvalue weighted by molar-refractivity contribution is 8.00. The fourth-order valence-corrected chi connectivity index (χ4v) is 3.73. The molecule has 2 aromatic carbocycles. The van der Waals surface area contributed by atoms with Crippen molar-refractivity contribution in [3.63, 3.8) is 0 Å². The summed E-state index contributed by atoms with van der Waals surface area (Å²) in [6.07, 6.45) is -5.16. The second-order valence-electron chi connectivity index (χ2n) is 7.89. The lowest BCUT2D eigenvalue weighted by molar-refractivity contribution is -0.226. The van der Waals surface area contributed by atoms with Crippen LogP contribution >= 0.6 is 11.8 Å². The van der Waals surface area contributed by atoms with Crippen LogP contribution in [0.3, 0.4) is 0 Å². The number of carbonyl (C=O) groups is 1. The van der Waals surface area contributed by atoms with E-state index >= 15 is 0 Å². The lowest BCUT2D eigenvalue weighted by Gasteiger charge is -2.36. The molecule has 2 fully saturated rings. The summed E-state index contributed by atoms with van der Waals surface area (Å²) in [4.78, 5) is 12.8. The molecule has 1 amide bonds. The second-order valence-corrected chi connectivity index (χ2v) is 8.97. The molecule has 2 heterocycles. The van der Waals surface area contributed by atoms with Crippen LogP contribution in [-0.4, -0.2) is 36.7 Å². The minimum Gasteiger partial charge on any atom is -0.489 e. The quantitative estimate of drug-likeness (QED) is 0.699. The van der Waals surface area contributed by atoms with Gasteiger partial charge in [0.25, 0.3) is 0 Å². The monoisotopic (exact) mass is 453 g/mol. The Balaban J connectivity index is 1.34. The van der Waals surface area contributed by atoms with Crippen molar-refractivity contribution in [2.24, 2.45) is 5.41 Å². The normalized spacial score (nSPS) is 24.3. The van der Waals surface area contributed by atoms with Gasteiger partial charge in [-0.25, -0.2) is 0 Å². The largest absolute Gasteiger partial charge is 0.489 e. The predicted molar refractivity (Wildman–Crippen MR) is 111 cm³/mol. The summed E-state index contributed by atoms with van der Waals surface area (Å²) in [6.45, 7) is 1.72. The van der Waals surface area contributed by atoms with Crippen molar-refractivity contribution in [1.82, 2.24) is 0 Å². The zero-order valence-corrected chi connectivity index (χ0v) is 17.6. The van der Waals surface area contributed by atoms with E-state index in [-0.39, 0.29) is 30.8 Å². The lowest BCUT2D eigenvalue weighted by Crippen LogP contribution is -2.45. The Morgan fingerprint density at radius 3 is 2.39 bits per heavy atom. The number of hydrogen-bond acceptors (Lipinski definition) is 5. The number of thioether (sulfide) groups is 1. The SMILES string of the molecule is CC1(C(=O)Nc2ccc(OC3CSC3)cc2)COC(c2cccc(C(F)(F)F)c2)OC1. The van der Waals surface area contributed by atoms with E-state index in [0.29, 0.717) is 5.69 Å². The van der Waals surface area contributed by atoms with Crippen LogP contribution in [0.4, 0.5) is 18.9 Å². The van der Waals surface area contributed by atoms with Gasteiger partial charge in [-0.3, -0.25) is 4.79 Å². The van der Waals surface area contributed by atoms with Gasteiger partial charge in [0.05, 0.1) is 24.2 Å². The molecule has 166 valence electrons. The van der Waals surface area contributed by atoms with Crippen LogP contribution in [-0.2, 0) is 20.4 Å². The summed E-state index contributed by atoms with van der Waals surface area (Å²) in [6, 6.07) is 11.9. The summed E-state index contributed by atoms with van der Waals surface area (Å²) in [5.74, 6) is 2.43. The first-order valence-corrected chi connectivity index (χ1v) is 10.9. The van der Waals surface area contributed by atoms with E-state index in [4.69, 9.17) is 14.2 Å². The van der Waals surface area contributed by atoms with Crippen molar-refractivity contribution in [2.75, 3.05) is 30.0 Å². The number of hydrogen-bond donors (Lipinski definition) is 1. The number of ether oxygens (including phenoxy) is 3. The van der Waals surface area contributed by atoms with E-state index in [9.17, 15) is 18.0 Å². The second kappa shape index (κ2) is 8.72. The standard InChI is InChI=1S/C22H22F3NO4S/c1-21(20(27)26-16-5-7-17(8-6-16)30-18-10-31-11-18)12-28-19(29-13-21)14-3-2-4-15(9-14)22(23,24)25/h2-9,18-19H,10-13H2,1H3,(H,26,27). The smallest absolute Gasteiger partial charge is 0.416 e. The van der Waals surface area contributed by atoms with Gasteiger partial charge in [-0.15, -0.1) is 0 Å². The number of anilines is 1. The van der Waals surface area contributed by atoms with Crippen LogP contribution in [0.5, 0.6) is 5.75 Å². The third-order valence-corrected chi connectivity index (χ3v) is 6.38. The van der Waals surface area contributed by atoms with Gasteiger partial charge < -0.3 is 19.5 Å². The maximum atomic E-state index is 12.9. The minimum atomic E-state index is -4.45. The number of benzene rings is 2. The van der Waals surface area contributed by atoms with Gasteiger partial charge in [-0.1, -0.05) is 12.1 Å². The molecular weight excluding hydrogens is 431 g/mol. The molecule has 2 aliphatic rings. The van der Waals surface area contributed by atoms with Crippen LogP contribution in [0, 0.1) is 5.41 Å². The number of halogens is 3. The summed E-state index contributed by atoms with van der Waals surface area (Å²) in [5, 5.41) is 2.84. The molecule has 1 N–H and O–H groups in total. The summed E-state index contributed by atoms with van der Waals surface area (Å²) >= 11 is 1.84. The Labute approximate surface area is 182 Å². The highest BCUT2D eigenvalue weighted by Crippen LogP contribution is 2.36. The first-order chi connectivity index (χ1) is 14.7. The van der Waals surface area contributed by atoms with E-state index in [0.717, 1.165) is 29.4 Å². The van der Waals surface area contributed by atoms with Gasteiger partial charge in [0, 0.05) is 22.8 Å². The fourth-order valence-electron chi connectivity index (χ4n) is 3.17. The maximum absolute atomic E-state index is 12.9. The summed E-state index contributed by atoms with van der Waals surface area (Å²) in [5.41, 5.74) is -0.873. The lowest BCUT2D eigenvalue weighted by atomic mass is 9.90. The first-order valence-electron chi connectivity index (χ1n) is 9.79. The van der Waals surface area contributed by atoms with Crippen LogP contribution in [0.15, 0.2) is 48.5 Å². The number of amides is 1. The van der Waals surface area contributed by atoms with E-state index in [2.05, 4.69) is 5.32 Å². The van der Waals surface area contributed by atoms with Crippen LogP contribution in [0.1, 0.15) is 24.3 Å². The Hall–Kier alpha value is -2.23. The molecule has 2 saturated heterocycles. The number of carbonyl (C=O) groups excluding carboxylic acids is 1. The molecular formula is C22H22F3NO4S. The van der Waals surface area contributed by atoms with Gasteiger partial charge in [0.1, 0.15) is 11.9 Å². The van der Waals surface area contributed by atoms with Crippen molar-refractivity contribution >= 4 is 23.4 Å². The fraction of sp³-hybridized carbons (Fsp3) is 0.409. The third kappa shape index (κ3) is 5.16. The number of nitrogens with one attached hydrogen (secondary N) is 1. The first kappa shape index (κ1) is 22.0. The molecule has 9 heteroatoms. The van der Waals surface area contributed by atoms with Crippen LogP contribution in [0.2, 0.25) is 0 Å². The van der Waals surface area contributed by atoms with Crippen molar-refractivity contribution in [2.45, 2.75) is 25.5 Å². The molecule has 0 bridgehead atoms. The van der Waals surface area contributed by atoms with Crippen LogP contribution in [0.25, 0.3) is 0 Å². The topological polar surface area (TPSA) is 56.8 Å².